The van der Waals surface area contributed by atoms with Gasteiger partial charge in [-0.1, -0.05) is 29.8 Å². The minimum absolute atomic E-state index is 0.163. The van der Waals surface area contributed by atoms with Crippen molar-refractivity contribution >= 4 is 17.7 Å². The van der Waals surface area contributed by atoms with Crippen molar-refractivity contribution in [1.82, 2.24) is 5.32 Å². The zero-order valence-corrected chi connectivity index (χ0v) is 14.8. The number of carbonyl (C=O) groups is 1. The lowest BCUT2D eigenvalue weighted by Gasteiger charge is -2.56. The minimum Gasteiger partial charge on any atom is -0.350 e. The Morgan fingerprint density at radius 1 is 1.09 bits per heavy atom. The van der Waals surface area contributed by atoms with Gasteiger partial charge in [0.2, 0.25) is 5.91 Å². The van der Waals surface area contributed by atoms with E-state index in [1.54, 1.807) is 11.8 Å². The van der Waals surface area contributed by atoms with Gasteiger partial charge in [0, 0.05) is 11.3 Å². The summed E-state index contributed by atoms with van der Waals surface area (Å²) in [5, 5.41) is 3.46. The van der Waals surface area contributed by atoms with Crippen LogP contribution >= 0.6 is 11.8 Å². The van der Waals surface area contributed by atoms with Crippen molar-refractivity contribution < 1.29 is 4.79 Å². The van der Waals surface area contributed by atoms with Gasteiger partial charge in [-0.15, -0.1) is 11.8 Å². The van der Waals surface area contributed by atoms with Crippen LogP contribution in [0.5, 0.6) is 0 Å². The smallest absolute Gasteiger partial charge is 0.230 e. The Hall–Kier alpha value is -0.960. The van der Waals surface area contributed by atoms with E-state index < -0.39 is 0 Å². The maximum Gasteiger partial charge on any atom is 0.230 e. The highest BCUT2D eigenvalue weighted by Gasteiger charge is 2.51. The van der Waals surface area contributed by atoms with Crippen LogP contribution in [-0.4, -0.2) is 17.2 Å². The number of hydrogen-bond donors (Lipinski definition) is 1. The van der Waals surface area contributed by atoms with E-state index in [4.69, 9.17) is 0 Å². The molecule has 124 valence electrons. The van der Waals surface area contributed by atoms with Crippen LogP contribution in [0.4, 0.5) is 0 Å². The summed E-state index contributed by atoms with van der Waals surface area (Å²) in [6, 6.07) is 8.62. The van der Waals surface area contributed by atoms with Gasteiger partial charge in [-0.25, -0.2) is 0 Å². The second-order valence-corrected chi connectivity index (χ2v) is 9.21. The van der Waals surface area contributed by atoms with Gasteiger partial charge < -0.3 is 5.32 Å². The Morgan fingerprint density at radius 2 is 1.65 bits per heavy atom. The number of aryl methyl sites for hydroxylation is 1. The molecule has 4 bridgehead atoms. The fraction of sp³-hybridized carbons (Fsp3) is 0.650. The molecule has 1 aromatic rings. The van der Waals surface area contributed by atoms with Crippen molar-refractivity contribution in [3.8, 4) is 0 Å². The monoisotopic (exact) mass is 329 g/mol. The summed E-state index contributed by atoms with van der Waals surface area (Å²) in [4.78, 5) is 12.4. The summed E-state index contributed by atoms with van der Waals surface area (Å²) in [6.07, 6.45) is 8.01. The van der Waals surface area contributed by atoms with Crippen LogP contribution in [0, 0.1) is 24.7 Å². The molecule has 23 heavy (non-hydrogen) atoms. The first-order valence-corrected chi connectivity index (χ1v) is 10.2. The molecular formula is C20H27NOS. The van der Waals surface area contributed by atoms with E-state index >= 15 is 0 Å². The second kappa shape index (κ2) is 6.16. The number of hydrogen-bond acceptors (Lipinski definition) is 2. The van der Waals surface area contributed by atoms with Crippen molar-refractivity contribution in [2.45, 2.75) is 56.7 Å². The molecule has 1 amide bonds. The van der Waals surface area contributed by atoms with E-state index in [2.05, 4.69) is 36.5 Å². The van der Waals surface area contributed by atoms with E-state index in [0.717, 1.165) is 23.5 Å². The number of amides is 1. The Morgan fingerprint density at radius 3 is 2.22 bits per heavy atom. The van der Waals surface area contributed by atoms with Gasteiger partial charge in [0.15, 0.2) is 0 Å². The van der Waals surface area contributed by atoms with E-state index in [0.29, 0.717) is 5.75 Å². The van der Waals surface area contributed by atoms with Crippen molar-refractivity contribution in [3.63, 3.8) is 0 Å². The lowest BCUT2D eigenvalue weighted by atomic mass is 9.53. The predicted molar refractivity (Wildman–Crippen MR) is 96.4 cm³/mol. The van der Waals surface area contributed by atoms with Crippen molar-refractivity contribution in [3.05, 3.63) is 35.4 Å². The van der Waals surface area contributed by atoms with Crippen LogP contribution in [0.25, 0.3) is 0 Å². The minimum atomic E-state index is 0.163. The molecule has 0 radical (unpaired) electrons. The second-order valence-electron chi connectivity index (χ2n) is 8.22. The molecule has 0 aliphatic heterocycles. The molecule has 0 atom stereocenters. The van der Waals surface area contributed by atoms with Gasteiger partial charge >= 0.3 is 0 Å². The van der Waals surface area contributed by atoms with Gasteiger partial charge in [-0.3, -0.25) is 4.79 Å². The quantitative estimate of drug-likeness (QED) is 0.872. The third-order valence-corrected chi connectivity index (χ3v) is 7.07. The zero-order chi connectivity index (χ0) is 15.9. The Balaban J connectivity index is 1.28. The fourth-order valence-electron chi connectivity index (χ4n) is 5.54. The zero-order valence-electron chi connectivity index (χ0n) is 14.0. The van der Waals surface area contributed by atoms with Crippen LogP contribution in [0.1, 0.15) is 49.7 Å². The number of thioether (sulfide) groups is 1. The summed E-state index contributed by atoms with van der Waals surface area (Å²) in [6.45, 7) is 2.11. The van der Waals surface area contributed by atoms with Crippen LogP contribution in [-0.2, 0) is 10.5 Å². The van der Waals surface area contributed by atoms with Gasteiger partial charge in [-0.2, -0.15) is 0 Å². The summed E-state index contributed by atoms with van der Waals surface area (Å²) in [7, 11) is 0. The van der Waals surface area contributed by atoms with E-state index in [1.807, 2.05) is 0 Å². The van der Waals surface area contributed by atoms with Gasteiger partial charge in [-0.05, 0) is 68.8 Å². The number of benzene rings is 1. The number of carbonyl (C=O) groups excluding carboxylic acids is 1. The predicted octanol–water partition coefficient (Wildman–Crippen LogP) is 4.31. The first-order valence-electron chi connectivity index (χ1n) is 9.04. The molecule has 0 unspecified atom stereocenters. The molecule has 4 fully saturated rings. The first-order chi connectivity index (χ1) is 11.1. The topological polar surface area (TPSA) is 29.1 Å². The molecule has 1 N–H and O–H groups in total. The molecule has 4 aliphatic carbocycles. The number of nitrogens with one attached hydrogen (secondary N) is 1. The lowest BCUT2D eigenvalue weighted by Crippen LogP contribution is -2.60. The molecule has 1 aromatic carbocycles. The molecular weight excluding hydrogens is 302 g/mol. The number of rotatable bonds is 5. The average Bonchev–Trinajstić information content (AvgIpc) is 2.47. The maximum atomic E-state index is 12.4. The molecule has 3 heteroatoms. The molecule has 0 saturated heterocycles. The third-order valence-electron chi connectivity index (χ3n) is 6.07. The molecule has 2 nitrogen and oxygen atoms in total. The van der Waals surface area contributed by atoms with E-state index in [9.17, 15) is 4.79 Å². The average molecular weight is 330 g/mol. The van der Waals surface area contributed by atoms with E-state index in [1.165, 1.54) is 49.7 Å². The first kappa shape index (κ1) is 15.6. The Bertz CT molecular complexity index is 545. The molecule has 0 heterocycles. The van der Waals surface area contributed by atoms with Crippen LogP contribution in [0.2, 0.25) is 0 Å². The van der Waals surface area contributed by atoms with Crippen molar-refractivity contribution in [2.24, 2.45) is 17.8 Å². The normalized spacial score (nSPS) is 34.6. The highest BCUT2D eigenvalue weighted by molar-refractivity contribution is 7.99. The summed E-state index contributed by atoms with van der Waals surface area (Å²) in [5.41, 5.74) is 2.76. The summed E-state index contributed by atoms with van der Waals surface area (Å²) >= 11 is 1.74. The maximum absolute atomic E-state index is 12.4. The molecule has 4 aliphatic rings. The Labute approximate surface area is 143 Å². The SMILES string of the molecule is Cc1ccc(CSCC(=O)NC23CC4CC(CC(C4)C2)C3)cc1. The van der Waals surface area contributed by atoms with Gasteiger partial charge in [0.05, 0.1) is 5.75 Å². The van der Waals surface area contributed by atoms with Gasteiger partial charge in [0.1, 0.15) is 0 Å². The van der Waals surface area contributed by atoms with Crippen molar-refractivity contribution in [1.29, 1.82) is 0 Å². The molecule has 5 rings (SSSR count). The van der Waals surface area contributed by atoms with Crippen LogP contribution < -0.4 is 5.32 Å². The standard InChI is InChI=1S/C20H27NOS/c1-14-2-4-15(5-3-14)12-23-13-19(22)21-20-9-16-6-17(10-20)8-18(7-16)11-20/h2-5,16-18H,6-13H2,1H3,(H,21,22). The van der Waals surface area contributed by atoms with Crippen LogP contribution in [0.3, 0.4) is 0 Å². The van der Waals surface area contributed by atoms with Crippen LogP contribution in [0.15, 0.2) is 24.3 Å². The van der Waals surface area contributed by atoms with E-state index in [-0.39, 0.29) is 11.4 Å². The molecule has 4 saturated carbocycles. The Kier molecular flexibility index (Phi) is 4.17. The third kappa shape index (κ3) is 3.45. The molecule has 0 aromatic heterocycles. The largest absolute Gasteiger partial charge is 0.350 e. The lowest BCUT2D eigenvalue weighted by molar-refractivity contribution is -0.124. The fourth-order valence-corrected chi connectivity index (χ4v) is 6.33. The highest BCUT2D eigenvalue weighted by atomic mass is 32.2. The highest BCUT2D eigenvalue weighted by Crippen LogP contribution is 2.55. The van der Waals surface area contributed by atoms with Gasteiger partial charge in [0.25, 0.3) is 0 Å². The van der Waals surface area contributed by atoms with Crippen molar-refractivity contribution in [2.75, 3.05) is 5.75 Å². The summed E-state index contributed by atoms with van der Waals surface area (Å²) in [5.74, 6) is 4.44. The summed E-state index contributed by atoms with van der Waals surface area (Å²) < 4.78 is 0. The molecule has 0 spiro atoms.